The van der Waals surface area contributed by atoms with Crippen LogP contribution in [0, 0.1) is 28.6 Å². The number of nitrogens with zero attached hydrogens (tertiary/aromatic N) is 3. The van der Waals surface area contributed by atoms with Crippen LogP contribution in [-0.2, 0) is 4.74 Å². The van der Waals surface area contributed by atoms with Crippen molar-refractivity contribution < 1.29 is 9.53 Å². The van der Waals surface area contributed by atoms with Crippen LogP contribution in [0.4, 0.5) is 4.79 Å². The Kier molecular flexibility index (Phi) is 4.82. The van der Waals surface area contributed by atoms with Crippen LogP contribution < -0.4 is 5.73 Å². The first-order valence-electron chi connectivity index (χ1n) is 8.53. The van der Waals surface area contributed by atoms with Crippen molar-refractivity contribution in [3.63, 3.8) is 0 Å². The molecule has 0 unspecified atom stereocenters. The van der Waals surface area contributed by atoms with Gasteiger partial charge < -0.3 is 15.4 Å². The molecule has 1 amide bonds. The maximum absolute atomic E-state index is 12.5. The Morgan fingerprint density at radius 3 is 2.59 bits per heavy atom. The number of thiophene rings is 1. The van der Waals surface area contributed by atoms with Gasteiger partial charge in [-0.1, -0.05) is 12.1 Å². The Morgan fingerprint density at radius 2 is 2.04 bits per heavy atom. The van der Waals surface area contributed by atoms with E-state index in [0.717, 1.165) is 16.0 Å². The van der Waals surface area contributed by atoms with E-state index in [1.807, 2.05) is 44.4 Å². The van der Waals surface area contributed by atoms with Gasteiger partial charge in [0, 0.05) is 23.9 Å². The molecule has 3 rings (SSSR count). The molecule has 2 heterocycles. The number of hydrogen-bond acceptors (Lipinski definition) is 6. The van der Waals surface area contributed by atoms with Crippen LogP contribution in [0.15, 0.2) is 46.0 Å². The number of nitriles is 2. The second-order valence-corrected chi connectivity index (χ2v) is 8.32. The molecule has 1 aromatic rings. The molecule has 0 radical (unpaired) electrons. The molecule has 0 aromatic carbocycles. The highest BCUT2D eigenvalue weighted by Crippen LogP contribution is 2.44. The topological polar surface area (TPSA) is 103 Å². The third-order valence-corrected chi connectivity index (χ3v) is 5.32. The zero-order valence-corrected chi connectivity index (χ0v) is 16.3. The molecule has 1 aromatic heterocycles. The summed E-state index contributed by atoms with van der Waals surface area (Å²) in [5, 5.41) is 21.2. The summed E-state index contributed by atoms with van der Waals surface area (Å²) in [5.74, 6) is -0.290. The zero-order chi connectivity index (χ0) is 19.8. The minimum absolute atomic E-state index is 0.205. The van der Waals surface area contributed by atoms with Crippen molar-refractivity contribution in [2.75, 3.05) is 13.1 Å². The van der Waals surface area contributed by atoms with Crippen molar-refractivity contribution in [3.8, 4) is 12.1 Å². The SMILES string of the molecule is CC(C)(C)OC(=O)N1CC=C2C(C#N)=C(N)C(C#N)=C(c3cccs3)[C@@H]2C1. The molecule has 0 saturated carbocycles. The normalized spacial score (nSPS) is 19.8. The van der Waals surface area contributed by atoms with E-state index in [1.54, 1.807) is 4.90 Å². The molecule has 27 heavy (non-hydrogen) atoms. The van der Waals surface area contributed by atoms with Crippen molar-refractivity contribution in [1.29, 1.82) is 10.5 Å². The maximum atomic E-state index is 12.5. The van der Waals surface area contributed by atoms with Gasteiger partial charge in [0.25, 0.3) is 0 Å². The first-order chi connectivity index (χ1) is 12.8. The molecular formula is C20H20N4O2S. The van der Waals surface area contributed by atoms with Crippen molar-refractivity contribution in [2.24, 2.45) is 11.7 Å². The molecule has 0 bridgehead atoms. The van der Waals surface area contributed by atoms with E-state index in [-0.39, 0.29) is 11.6 Å². The zero-order valence-electron chi connectivity index (χ0n) is 15.4. The highest BCUT2D eigenvalue weighted by atomic mass is 32.1. The molecule has 138 valence electrons. The Labute approximate surface area is 162 Å². The molecule has 6 nitrogen and oxygen atoms in total. The van der Waals surface area contributed by atoms with Crippen LogP contribution in [0.2, 0.25) is 0 Å². The van der Waals surface area contributed by atoms with Gasteiger partial charge in [-0.15, -0.1) is 11.3 Å². The van der Waals surface area contributed by atoms with Crippen LogP contribution in [0.1, 0.15) is 25.6 Å². The predicted molar refractivity (Wildman–Crippen MR) is 103 cm³/mol. The van der Waals surface area contributed by atoms with E-state index in [0.29, 0.717) is 24.2 Å². The van der Waals surface area contributed by atoms with Crippen LogP contribution in [-0.4, -0.2) is 29.7 Å². The number of allylic oxidation sites excluding steroid dienone is 2. The second-order valence-electron chi connectivity index (χ2n) is 7.38. The van der Waals surface area contributed by atoms with E-state index in [2.05, 4.69) is 12.1 Å². The van der Waals surface area contributed by atoms with Crippen molar-refractivity contribution in [3.05, 3.63) is 50.9 Å². The van der Waals surface area contributed by atoms with Gasteiger partial charge in [0.05, 0.1) is 16.8 Å². The van der Waals surface area contributed by atoms with Crippen LogP contribution >= 0.6 is 11.3 Å². The number of amides is 1. The highest BCUT2D eigenvalue weighted by Gasteiger charge is 2.38. The number of carbonyl (C=O) groups is 1. The first kappa shape index (κ1) is 18.8. The fourth-order valence-corrected chi connectivity index (χ4v) is 4.15. The van der Waals surface area contributed by atoms with Gasteiger partial charge >= 0.3 is 6.09 Å². The van der Waals surface area contributed by atoms with Gasteiger partial charge in [0.1, 0.15) is 17.7 Å². The monoisotopic (exact) mass is 380 g/mol. The minimum Gasteiger partial charge on any atom is -0.444 e. The first-order valence-corrected chi connectivity index (χ1v) is 9.41. The summed E-state index contributed by atoms with van der Waals surface area (Å²) in [6, 6.07) is 8.12. The van der Waals surface area contributed by atoms with Crippen LogP contribution in [0.5, 0.6) is 0 Å². The largest absolute Gasteiger partial charge is 0.444 e. The molecule has 2 N–H and O–H groups in total. The number of fused-ring (bicyclic) bond motifs is 1. The summed E-state index contributed by atoms with van der Waals surface area (Å²) in [7, 11) is 0. The standard InChI is InChI=1S/C20H20N4O2S/c1-20(2,3)26-19(25)24-7-6-12-13(9-21)18(23)14(10-22)17(15(12)11-24)16-5-4-8-27-16/h4-6,8,15H,7,11,23H2,1-3H3/t15-/m1/s1. The maximum Gasteiger partial charge on any atom is 0.410 e. The highest BCUT2D eigenvalue weighted by molar-refractivity contribution is 7.11. The third-order valence-electron chi connectivity index (χ3n) is 4.42. The third kappa shape index (κ3) is 3.47. The number of ether oxygens (including phenoxy) is 1. The summed E-state index contributed by atoms with van der Waals surface area (Å²) < 4.78 is 5.49. The number of nitrogens with two attached hydrogens (primary N) is 1. The molecule has 1 aliphatic carbocycles. The molecule has 1 atom stereocenters. The van der Waals surface area contributed by atoms with Gasteiger partial charge in [-0.2, -0.15) is 10.5 Å². The lowest BCUT2D eigenvalue weighted by Crippen LogP contribution is -2.43. The second kappa shape index (κ2) is 6.94. The Morgan fingerprint density at radius 1 is 1.33 bits per heavy atom. The fraction of sp³-hybridized carbons (Fsp3) is 0.350. The fourth-order valence-electron chi connectivity index (χ4n) is 3.31. The summed E-state index contributed by atoms with van der Waals surface area (Å²) in [6.07, 6.45) is 1.42. The molecule has 1 aliphatic heterocycles. The smallest absolute Gasteiger partial charge is 0.410 e. The lowest BCUT2D eigenvalue weighted by Gasteiger charge is -2.37. The molecule has 2 aliphatic rings. The molecule has 0 saturated heterocycles. The van der Waals surface area contributed by atoms with Crippen LogP contribution in [0.3, 0.4) is 0 Å². The molecule has 0 fully saturated rings. The van der Waals surface area contributed by atoms with Gasteiger partial charge in [0.15, 0.2) is 0 Å². The summed E-state index contributed by atoms with van der Waals surface area (Å²) in [5.41, 5.74) is 7.94. The van der Waals surface area contributed by atoms with E-state index in [4.69, 9.17) is 10.5 Å². The number of rotatable bonds is 1. The predicted octanol–water partition coefficient (Wildman–Crippen LogP) is 3.57. The summed E-state index contributed by atoms with van der Waals surface area (Å²) in [4.78, 5) is 15.0. The van der Waals surface area contributed by atoms with Crippen molar-refractivity contribution in [2.45, 2.75) is 26.4 Å². The number of hydrogen-bond donors (Lipinski definition) is 1. The average Bonchev–Trinajstić information content (AvgIpc) is 3.13. The Bertz CT molecular complexity index is 950. The lowest BCUT2D eigenvalue weighted by molar-refractivity contribution is 0.0253. The molecule has 0 spiro atoms. The van der Waals surface area contributed by atoms with E-state index in [1.165, 1.54) is 11.3 Å². The van der Waals surface area contributed by atoms with E-state index < -0.39 is 11.7 Å². The minimum atomic E-state index is -0.597. The molecular weight excluding hydrogens is 360 g/mol. The quantitative estimate of drug-likeness (QED) is 0.802. The molecule has 7 heteroatoms. The lowest BCUT2D eigenvalue weighted by atomic mass is 9.75. The number of carbonyl (C=O) groups excluding carboxylic acids is 1. The summed E-state index contributed by atoms with van der Waals surface area (Å²) in [6.45, 7) is 6.12. The van der Waals surface area contributed by atoms with Gasteiger partial charge in [0.2, 0.25) is 0 Å². The average molecular weight is 380 g/mol. The van der Waals surface area contributed by atoms with Crippen molar-refractivity contribution >= 4 is 23.0 Å². The van der Waals surface area contributed by atoms with Crippen LogP contribution in [0.25, 0.3) is 5.57 Å². The van der Waals surface area contributed by atoms with Gasteiger partial charge in [-0.25, -0.2) is 4.79 Å². The van der Waals surface area contributed by atoms with Gasteiger partial charge in [-0.05, 0) is 43.4 Å². The van der Waals surface area contributed by atoms with E-state index >= 15 is 0 Å². The van der Waals surface area contributed by atoms with Gasteiger partial charge in [-0.3, -0.25) is 0 Å². The summed E-state index contributed by atoms with van der Waals surface area (Å²) >= 11 is 1.50. The Balaban J connectivity index is 2.08. The van der Waals surface area contributed by atoms with Crippen molar-refractivity contribution in [1.82, 2.24) is 4.90 Å². The van der Waals surface area contributed by atoms with E-state index in [9.17, 15) is 15.3 Å². The Hall–Kier alpha value is -3.03.